The van der Waals surface area contributed by atoms with Gasteiger partial charge in [-0.1, -0.05) is 32.4 Å². The van der Waals surface area contributed by atoms with Crippen LogP contribution in [0.2, 0.25) is 5.02 Å². The highest BCUT2D eigenvalue weighted by molar-refractivity contribution is 7.12. The van der Waals surface area contributed by atoms with Gasteiger partial charge < -0.3 is 10.4 Å². The van der Waals surface area contributed by atoms with Crippen LogP contribution in [0.5, 0.6) is 0 Å². The van der Waals surface area contributed by atoms with Gasteiger partial charge in [-0.2, -0.15) is 0 Å². The molecule has 0 bridgehead atoms. The number of rotatable bonds is 4. The molecule has 1 amide bonds. The highest BCUT2D eigenvalue weighted by atomic mass is 35.5. The van der Waals surface area contributed by atoms with E-state index in [1.54, 1.807) is 11.4 Å². The van der Waals surface area contributed by atoms with Gasteiger partial charge in [-0.05, 0) is 16.9 Å². The maximum atomic E-state index is 12.0. The maximum Gasteiger partial charge on any atom is 0.404 e. The van der Waals surface area contributed by atoms with Crippen molar-refractivity contribution in [1.29, 1.82) is 0 Å². The summed E-state index contributed by atoms with van der Waals surface area (Å²) < 4.78 is 0. The summed E-state index contributed by atoms with van der Waals surface area (Å²) in [6.45, 7) is 5.56. The molecule has 4 nitrogen and oxygen atoms in total. The number of hydrogen-bond donors (Lipinski definition) is 2. The molecule has 0 fully saturated rings. The van der Waals surface area contributed by atoms with Crippen molar-refractivity contribution >= 4 is 34.8 Å². The van der Waals surface area contributed by atoms with E-state index in [0.29, 0.717) is 9.90 Å². The highest BCUT2D eigenvalue weighted by Gasteiger charge is 2.30. The van der Waals surface area contributed by atoms with E-state index < -0.39 is 17.6 Å². The Balaban J connectivity index is 2.82. The maximum absolute atomic E-state index is 12.0. The molecular formula is C12H15ClNO3S. The second kappa shape index (κ2) is 5.71. The Labute approximate surface area is 115 Å². The van der Waals surface area contributed by atoms with Gasteiger partial charge in [0.25, 0.3) is 0 Å². The van der Waals surface area contributed by atoms with Crippen molar-refractivity contribution in [2.24, 2.45) is 5.41 Å². The van der Waals surface area contributed by atoms with Crippen LogP contribution in [0.4, 0.5) is 4.79 Å². The first-order chi connectivity index (χ1) is 8.21. The van der Waals surface area contributed by atoms with Crippen LogP contribution < -0.4 is 5.32 Å². The SMILES string of the molecule is CC(C)(C)[C@H]([CH]C(=O)c1sccc1Cl)NC(=O)O. The van der Waals surface area contributed by atoms with Crippen LogP contribution in [0.15, 0.2) is 11.4 Å². The summed E-state index contributed by atoms with van der Waals surface area (Å²) in [6.07, 6.45) is 0.211. The molecule has 0 saturated carbocycles. The third-order valence-electron chi connectivity index (χ3n) is 2.37. The van der Waals surface area contributed by atoms with Crippen molar-refractivity contribution in [1.82, 2.24) is 5.32 Å². The molecule has 6 heteroatoms. The fourth-order valence-electron chi connectivity index (χ4n) is 1.34. The van der Waals surface area contributed by atoms with Gasteiger partial charge >= 0.3 is 6.09 Å². The number of thiophene rings is 1. The Morgan fingerprint density at radius 1 is 1.50 bits per heavy atom. The first kappa shape index (κ1) is 15.0. The summed E-state index contributed by atoms with van der Waals surface area (Å²) in [5, 5.41) is 13.2. The van der Waals surface area contributed by atoms with Gasteiger partial charge in [0.15, 0.2) is 5.78 Å². The third kappa shape index (κ3) is 3.99. The summed E-state index contributed by atoms with van der Waals surface area (Å²) in [4.78, 5) is 23.2. The quantitative estimate of drug-likeness (QED) is 0.834. The molecule has 18 heavy (non-hydrogen) atoms. The molecule has 0 aliphatic heterocycles. The Morgan fingerprint density at radius 2 is 2.11 bits per heavy atom. The molecule has 1 aromatic heterocycles. The van der Waals surface area contributed by atoms with Crippen LogP contribution in [0, 0.1) is 11.8 Å². The van der Waals surface area contributed by atoms with Crippen molar-refractivity contribution in [2.45, 2.75) is 26.8 Å². The molecular weight excluding hydrogens is 274 g/mol. The van der Waals surface area contributed by atoms with Gasteiger partial charge in [-0.25, -0.2) is 4.79 Å². The second-order valence-electron chi connectivity index (χ2n) is 4.92. The van der Waals surface area contributed by atoms with E-state index in [0.717, 1.165) is 0 Å². The van der Waals surface area contributed by atoms with E-state index in [-0.39, 0.29) is 5.78 Å². The van der Waals surface area contributed by atoms with Crippen molar-refractivity contribution in [2.75, 3.05) is 0 Å². The molecule has 0 aromatic carbocycles. The first-order valence-electron chi connectivity index (χ1n) is 5.33. The summed E-state index contributed by atoms with van der Waals surface area (Å²) in [7, 11) is 0. The van der Waals surface area contributed by atoms with E-state index in [4.69, 9.17) is 16.7 Å². The second-order valence-corrected chi connectivity index (χ2v) is 6.25. The van der Waals surface area contributed by atoms with E-state index in [1.807, 2.05) is 20.8 Å². The lowest BCUT2D eigenvalue weighted by Crippen LogP contribution is -2.44. The summed E-state index contributed by atoms with van der Waals surface area (Å²) in [5.74, 6) is -0.260. The molecule has 0 aliphatic rings. The van der Waals surface area contributed by atoms with Crippen LogP contribution in [-0.2, 0) is 0 Å². The molecule has 1 heterocycles. The lowest BCUT2D eigenvalue weighted by molar-refractivity contribution is 0.101. The van der Waals surface area contributed by atoms with Gasteiger partial charge in [-0.3, -0.25) is 4.79 Å². The molecule has 0 spiro atoms. The predicted octanol–water partition coefficient (Wildman–Crippen LogP) is 3.47. The summed E-state index contributed by atoms with van der Waals surface area (Å²) in [5.41, 5.74) is -0.391. The van der Waals surface area contributed by atoms with Gasteiger partial charge in [0.2, 0.25) is 0 Å². The molecule has 0 aliphatic carbocycles. The molecule has 1 aromatic rings. The Bertz CT molecular complexity index is 450. The largest absolute Gasteiger partial charge is 0.465 e. The Kier molecular flexibility index (Phi) is 4.76. The molecule has 1 rings (SSSR count). The number of carbonyl (C=O) groups is 2. The van der Waals surface area contributed by atoms with E-state index >= 15 is 0 Å². The standard InChI is InChI=1S/C12H15ClNO3S/c1-12(2,3)9(14-11(16)17)6-8(15)10-7(13)4-5-18-10/h4-6,9,14H,1-3H3,(H,16,17)/t9-/m0/s1. The first-order valence-corrected chi connectivity index (χ1v) is 6.59. The van der Waals surface area contributed by atoms with E-state index in [2.05, 4.69) is 5.32 Å². The van der Waals surface area contributed by atoms with Crippen LogP contribution in [-0.4, -0.2) is 23.0 Å². The van der Waals surface area contributed by atoms with Gasteiger partial charge in [-0.15, -0.1) is 11.3 Å². The van der Waals surface area contributed by atoms with Crippen molar-refractivity contribution < 1.29 is 14.7 Å². The van der Waals surface area contributed by atoms with Crippen LogP contribution in [0.25, 0.3) is 0 Å². The molecule has 0 unspecified atom stereocenters. The summed E-state index contributed by atoms with van der Waals surface area (Å²) >= 11 is 7.11. The van der Waals surface area contributed by atoms with Crippen molar-refractivity contribution in [3.8, 4) is 0 Å². The normalized spacial score (nSPS) is 13.1. The molecule has 2 N–H and O–H groups in total. The van der Waals surface area contributed by atoms with Crippen LogP contribution in [0.3, 0.4) is 0 Å². The molecule has 99 valence electrons. The summed E-state index contributed by atoms with van der Waals surface area (Å²) in [6, 6.07) is 1.07. The van der Waals surface area contributed by atoms with Crippen molar-refractivity contribution in [3.05, 3.63) is 27.8 Å². The minimum absolute atomic E-state index is 0.260. The zero-order valence-electron chi connectivity index (χ0n) is 10.4. The molecule has 0 saturated heterocycles. The Morgan fingerprint density at radius 3 is 2.50 bits per heavy atom. The number of nitrogens with one attached hydrogen (secondary N) is 1. The van der Waals surface area contributed by atoms with Gasteiger partial charge in [0.1, 0.15) is 0 Å². The minimum Gasteiger partial charge on any atom is -0.465 e. The topological polar surface area (TPSA) is 66.4 Å². The monoisotopic (exact) mass is 288 g/mol. The van der Waals surface area contributed by atoms with Crippen molar-refractivity contribution in [3.63, 3.8) is 0 Å². The van der Waals surface area contributed by atoms with Crippen LogP contribution >= 0.6 is 22.9 Å². The fraction of sp³-hybridized carbons (Fsp3) is 0.417. The Hall–Kier alpha value is -1.07. The minimum atomic E-state index is -1.16. The van der Waals surface area contributed by atoms with Gasteiger partial charge in [0.05, 0.1) is 16.3 Å². The average Bonchev–Trinajstić information content (AvgIpc) is 2.61. The lowest BCUT2D eigenvalue weighted by atomic mass is 9.83. The van der Waals surface area contributed by atoms with E-state index in [1.165, 1.54) is 17.8 Å². The predicted molar refractivity (Wildman–Crippen MR) is 72.4 cm³/mol. The lowest BCUT2D eigenvalue weighted by Gasteiger charge is -2.29. The number of halogens is 1. The highest BCUT2D eigenvalue weighted by Crippen LogP contribution is 2.27. The smallest absolute Gasteiger partial charge is 0.404 e. The molecule has 1 radical (unpaired) electrons. The molecule has 1 atom stereocenters. The number of ketones is 1. The number of hydrogen-bond acceptors (Lipinski definition) is 3. The van der Waals surface area contributed by atoms with Crippen LogP contribution in [0.1, 0.15) is 30.4 Å². The fourth-order valence-corrected chi connectivity index (χ4v) is 2.41. The number of Topliss-reactive ketones (excluding diaryl/α,β-unsaturated/α-hetero) is 1. The zero-order valence-corrected chi connectivity index (χ0v) is 11.9. The third-order valence-corrected chi connectivity index (χ3v) is 3.73. The van der Waals surface area contributed by atoms with Gasteiger partial charge in [0, 0.05) is 6.04 Å². The average molecular weight is 289 g/mol. The van der Waals surface area contributed by atoms with E-state index in [9.17, 15) is 9.59 Å². The number of carbonyl (C=O) groups excluding carboxylic acids is 1. The zero-order chi connectivity index (χ0) is 13.9. The number of amides is 1. The number of carboxylic acid groups (broad SMARTS) is 1.